The van der Waals surface area contributed by atoms with E-state index in [1.165, 1.54) is 7.11 Å². The maximum Gasteiger partial charge on any atom is 0.337 e. The molecule has 0 unspecified atom stereocenters. The minimum atomic E-state index is -0.342. The Morgan fingerprint density at radius 3 is 2.41 bits per heavy atom. The van der Waals surface area contributed by atoms with E-state index in [1.54, 1.807) is 12.1 Å². The number of nitrogens with zero attached hydrogens (tertiary/aromatic N) is 1. The highest BCUT2D eigenvalue weighted by Crippen LogP contribution is 2.17. The van der Waals surface area contributed by atoms with Gasteiger partial charge in [0.1, 0.15) is 0 Å². The van der Waals surface area contributed by atoms with E-state index in [-0.39, 0.29) is 11.9 Å². The van der Waals surface area contributed by atoms with Crippen LogP contribution in [0.15, 0.2) is 24.3 Å². The van der Waals surface area contributed by atoms with Crippen molar-refractivity contribution in [1.29, 1.82) is 0 Å². The fourth-order valence-corrected chi connectivity index (χ4v) is 2.75. The number of piperidine rings is 1. The van der Waals surface area contributed by atoms with Crippen molar-refractivity contribution in [3.63, 3.8) is 0 Å². The van der Waals surface area contributed by atoms with Crippen molar-refractivity contribution in [1.82, 2.24) is 4.90 Å². The standard InChI is InChI=1S/C17H24N2O3/c1-22-17(21)15-5-2-13(3-6-15)4-7-16(20)19-10-8-14(12-18)9-11-19/h2-3,5-6,14H,4,7-12,18H2,1H3. The van der Waals surface area contributed by atoms with Crippen molar-refractivity contribution < 1.29 is 14.3 Å². The minimum Gasteiger partial charge on any atom is -0.465 e. The number of amides is 1. The third-order valence-corrected chi connectivity index (χ3v) is 4.30. The highest BCUT2D eigenvalue weighted by molar-refractivity contribution is 5.89. The fraction of sp³-hybridized carbons (Fsp3) is 0.529. The van der Waals surface area contributed by atoms with Crippen molar-refractivity contribution in [2.75, 3.05) is 26.7 Å². The Morgan fingerprint density at radius 2 is 1.86 bits per heavy atom. The number of carbonyl (C=O) groups is 2. The van der Waals surface area contributed by atoms with Crippen molar-refractivity contribution in [3.05, 3.63) is 35.4 Å². The van der Waals surface area contributed by atoms with Crippen LogP contribution in [0.1, 0.15) is 35.2 Å². The second kappa shape index (κ2) is 7.94. The molecule has 120 valence electrons. The van der Waals surface area contributed by atoms with Crippen LogP contribution in [-0.4, -0.2) is 43.5 Å². The molecule has 1 amide bonds. The summed E-state index contributed by atoms with van der Waals surface area (Å²) >= 11 is 0. The number of nitrogens with two attached hydrogens (primary N) is 1. The summed E-state index contributed by atoms with van der Waals surface area (Å²) < 4.78 is 4.66. The number of benzene rings is 1. The molecule has 0 spiro atoms. The largest absolute Gasteiger partial charge is 0.465 e. The van der Waals surface area contributed by atoms with Crippen molar-refractivity contribution in [2.24, 2.45) is 11.7 Å². The Balaban J connectivity index is 1.80. The quantitative estimate of drug-likeness (QED) is 0.839. The molecule has 0 aliphatic carbocycles. The summed E-state index contributed by atoms with van der Waals surface area (Å²) in [5.41, 5.74) is 7.25. The van der Waals surface area contributed by atoms with Crippen LogP contribution in [-0.2, 0) is 16.0 Å². The Kier molecular flexibility index (Phi) is 5.95. The van der Waals surface area contributed by atoms with E-state index < -0.39 is 0 Å². The molecule has 2 rings (SSSR count). The Bertz CT molecular complexity index is 505. The third kappa shape index (κ3) is 4.31. The zero-order chi connectivity index (χ0) is 15.9. The van der Waals surface area contributed by atoms with Gasteiger partial charge in [-0.2, -0.15) is 0 Å². The first-order valence-electron chi connectivity index (χ1n) is 7.79. The molecule has 1 heterocycles. The number of ether oxygens (including phenoxy) is 1. The second-order valence-corrected chi connectivity index (χ2v) is 5.75. The van der Waals surface area contributed by atoms with Gasteiger partial charge in [-0.3, -0.25) is 4.79 Å². The van der Waals surface area contributed by atoms with E-state index >= 15 is 0 Å². The van der Waals surface area contributed by atoms with Gasteiger partial charge in [0.15, 0.2) is 0 Å². The number of aryl methyl sites for hydroxylation is 1. The van der Waals surface area contributed by atoms with Crippen LogP contribution in [0.25, 0.3) is 0 Å². The number of rotatable bonds is 5. The number of hydrogen-bond acceptors (Lipinski definition) is 4. The molecule has 1 fully saturated rings. The highest BCUT2D eigenvalue weighted by Gasteiger charge is 2.21. The van der Waals surface area contributed by atoms with Crippen LogP contribution in [0.2, 0.25) is 0 Å². The molecule has 1 aromatic carbocycles. The molecule has 0 saturated carbocycles. The summed E-state index contributed by atoms with van der Waals surface area (Å²) in [5.74, 6) is 0.424. The summed E-state index contributed by atoms with van der Waals surface area (Å²) in [5, 5.41) is 0. The number of methoxy groups -OCH3 is 1. The Labute approximate surface area is 131 Å². The van der Waals surface area contributed by atoms with Gasteiger partial charge in [-0.15, -0.1) is 0 Å². The zero-order valence-electron chi connectivity index (χ0n) is 13.1. The number of carbonyl (C=O) groups excluding carboxylic acids is 2. The molecule has 5 heteroatoms. The van der Waals surface area contributed by atoms with E-state index in [0.717, 1.165) is 31.5 Å². The molecule has 1 aliphatic rings. The smallest absolute Gasteiger partial charge is 0.337 e. The van der Waals surface area contributed by atoms with Crippen molar-refractivity contribution >= 4 is 11.9 Å². The molecular formula is C17H24N2O3. The van der Waals surface area contributed by atoms with Crippen LogP contribution in [0.5, 0.6) is 0 Å². The lowest BCUT2D eigenvalue weighted by atomic mass is 9.96. The molecule has 22 heavy (non-hydrogen) atoms. The average Bonchev–Trinajstić information content (AvgIpc) is 2.59. The third-order valence-electron chi connectivity index (χ3n) is 4.30. The molecule has 0 aromatic heterocycles. The van der Waals surface area contributed by atoms with Gasteiger partial charge in [0.25, 0.3) is 0 Å². The first-order chi connectivity index (χ1) is 10.6. The van der Waals surface area contributed by atoms with E-state index in [1.807, 2.05) is 17.0 Å². The Morgan fingerprint density at radius 1 is 1.23 bits per heavy atom. The molecule has 1 aliphatic heterocycles. The van der Waals surface area contributed by atoms with Gasteiger partial charge in [0, 0.05) is 19.5 Å². The first kappa shape index (κ1) is 16.5. The Hall–Kier alpha value is -1.88. The summed E-state index contributed by atoms with van der Waals surface area (Å²) in [6.07, 6.45) is 3.22. The van der Waals surface area contributed by atoms with E-state index in [0.29, 0.717) is 30.9 Å². The van der Waals surface area contributed by atoms with E-state index in [9.17, 15) is 9.59 Å². The monoisotopic (exact) mass is 304 g/mol. The van der Waals surface area contributed by atoms with Gasteiger partial charge < -0.3 is 15.4 Å². The van der Waals surface area contributed by atoms with Crippen LogP contribution in [0.3, 0.4) is 0 Å². The van der Waals surface area contributed by atoms with Crippen LogP contribution in [0, 0.1) is 5.92 Å². The SMILES string of the molecule is COC(=O)c1ccc(CCC(=O)N2CCC(CN)CC2)cc1. The van der Waals surface area contributed by atoms with E-state index in [4.69, 9.17) is 5.73 Å². The molecule has 0 radical (unpaired) electrons. The van der Waals surface area contributed by atoms with Gasteiger partial charge in [-0.1, -0.05) is 12.1 Å². The van der Waals surface area contributed by atoms with E-state index in [2.05, 4.69) is 4.74 Å². The molecule has 0 bridgehead atoms. The molecular weight excluding hydrogens is 280 g/mol. The first-order valence-corrected chi connectivity index (χ1v) is 7.79. The normalized spacial score (nSPS) is 15.6. The maximum atomic E-state index is 12.2. The molecule has 2 N–H and O–H groups in total. The molecule has 1 saturated heterocycles. The van der Waals surface area contributed by atoms with Gasteiger partial charge in [0.2, 0.25) is 5.91 Å². The molecule has 5 nitrogen and oxygen atoms in total. The lowest BCUT2D eigenvalue weighted by Gasteiger charge is -2.31. The number of esters is 1. The predicted octanol–water partition coefficient (Wildman–Crippen LogP) is 1.60. The second-order valence-electron chi connectivity index (χ2n) is 5.75. The van der Waals surface area contributed by atoms with Gasteiger partial charge in [-0.25, -0.2) is 4.79 Å². The average molecular weight is 304 g/mol. The lowest BCUT2D eigenvalue weighted by molar-refractivity contribution is -0.132. The lowest BCUT2D eigenvalue weighted by Crippen LogP contribution is -2.40. The summed E-state index contributed by atoms with van der Waals surface area (Å²) in [6, 6.07) is 7.22. The predicted molar refractivity (Wildman–Crippen MR) is 84.5 cm³/mol. The van der Waals surface area contributed by atoms with Crippen molar-refractivity contribution in [2.45, 2.75) is 25.7 Å². The highest BCUT2D eigenvalue weighted by atomic mass is 16.5. The fourth-order valence-electron chi connectivity index (χ4n) is 2.75. The summed E-state index contributed by atoms with van der Waals surface area (Å²) in [4.78, 5) is 25.5. The van der Waals surface area contributed by atoms with Crippen LogP contribution < -0.4 is 5.73 Å². The van der Waals surface area contributed by atoms with Crippen LogP contribution in [0.4, 0.5) is 0 Å². The number of likely N-dealkylation sites (tertiary alicyclic amines) is 1. The molecule has 0 atom stereocenters. The summed E-state index contributed by atoms with van der Waals surface area (Å²) in [7, 11) is 1.36. The van der Waals surface area contributed by atoms with Gasteiger partial charge >= 0.3 is 5.97 Å². The summed E-state index contributed by atoms with van der Waals surface area (Å²) in [6.45, 7) is 2.36. The van der Waals surface area contributed by atoms with Gasteiger partial charge in [-0.05, 0) is 49.4 Å². The maximum absolute atomic E-state index is 12.2. The minimum absolute atomic E-state index is 0.201. The van der Waals surface area contributed by atoms with Crippen molar-refractivity contribution in [3.8, 4) is 0 Å². The van der Waals surface area contributed by atoms with Gasteiger partial charge in [0.05, 0.1) is 12.7 Å². The topological polar surface area (TPSA) is 72.6 Å². The van der Waals surface area contributed by atoms with Crippen LogP contribution >= 0.6 is 0 Å². The zero-order valence-corrected chi connectivity index (χ0v) is 13.1. The molecule has 1 aromatic rings. The number of hydrogen-bond donors (Lipinski definition) is 1.